The molecule has 0 bridgehead atoms. The summed E-state index contributed by atoms with van der Waals surface area (Å²) in [5, 5.41) is 12.6. The average molecular weight is 368 g/mol. The Labute approximate surface area is 153 Å². The first-order valence-electron chi connectivity index (χ1n) is 7.76. The Balaban J connectivity index is 1.41. The van der Waals surface area contributed by atoms with Crippen LogP contribution in [0.3, 0.4) is 0 Å². The molecule has 1 aromatic carbocycles. The molecule has 3 aromatic heterocycles. The van der Waals surface area contributed by atoms with Gasteiger partial charge in [0, 0.05) is 30.0 Å². The molecule has 0 atom stereocenters. The van der Waals surface area contributed by atoms with Crippen LogP contribution < -0.4 is 5.32 Å². The average Bonchev–Trinajstić information content (AvgIpc) is 3.22. The summed E-state index contributed by atoms with van der Waals surface area (Å²) >= 11 is 3.17. The summed E-state index contributed by atoms with van der Waals surface area (Å²) in [6.07, 6.45) is 5.68. The van der Waals surface area contributed by atoms with Gasteiger partial charge in [-0.1, -0.05) is 29.2 Å². The molecule has 0 amide bonds. The summed E-state index contributed by atoms with van der Waals surface area (Å²) in [7, 11) is 0. The number of fused-ring (bicyclic) bond motifs is 1. The minimum atomic E-state index is 0.715. The molecule has 0 saturated heterocycles. The van der Waals surface area contributed by atoms with Gasteiger partial charge in [-0.2, -0.15) is 0 Å². The van der Waals surface area contributed by atoms with Crippen molar-refractivity contribution in [3.05, 3.63) is 59.7 Å². The maximum atomic E-state index is 4.49. The van der Waals surface area contributed by atoms with E-state index in [1.165, 1.54) is 11.1 Å². The number of anilines is 2. The SMILES string of the molecule is Cc1ccc(Nc2nnc(SCc3cn4cccnc4n3)s2)cc1C. The summed E-state index contributed by atoms with van der Waals surface area (Å²) in [5.41, 5.74) is 4.54. The maximum absolute atomic E-state index is 4.49. The van der Waals surface area contributed by atoms with Gasteiger partial charge in [-0.3, -0.25) is 4.40 Å². The number of nitrogens with one attached hydrogen (secondary N) is 1. The van der Waals surface area contributed by atoms with Gasteiger partial charge in [0.05, 0.1) is 5.69 Å². The molecule has 6 nitrogen and oxygen atoms in total. The Morgan fingerprint density at radius 2 is 2.12 bits per heavy atom. The molecule has 0 unspecified atom stereocenters. The highest BCUT2D eigenvalue weighted by atomic mass is 32.2. The van der Waals surface area contributed by atoms with E-state index in [-0.39, 0.29) is 0 Å². The second kappa shape index (κ2) is 6.81. The van der Waals surface area contributed by atoms with Gasteiger partial charge in [-0.05, 0) is 43.2 Å². The quantitative estimate of drug-likeness (QED) is 0.532. The van der Waals surface area contributed by atoms with E-state index in [4.69, 9.17) is 0 Å². The van der Waals surface area contributed by atoms with E-state index in [1.54, 1.807) is 29.3 Å². The van der Waals surface area contributed by atoms with Crippen LogP contribution in [-0.2, 0) is 5.75 Å². The molecular formula is C17H16N6S2. The van der Waals surface area contributed by atoms with Crippen molar-refractivity contribution in [2.75, 3.05) is 5.32 Å². The van der Waals surface area contributed by atoms with Crippen LogP contribution in [0.2, 0.25) is 0 Å². The zero-order chi connectivity index (χ0) is 17.2. The Bertz CT molecular complexity index is 990. The zero-order valence-corrected chi connectivity index (χ0v) is 15.4. The van der Waals surface area contributed by atoms with Gasteiger partial charge in [0.2, 0.25) is 10.9 Å². The molecule has 0 saturated carbocycles. The third-order valence-corrected chi connectivity index (χ3v) is 5.80. The molecule has 126 valence electrons. The van der Waals surface area contributed by atoms with E-state index in [2.05, 4.69) is 57.5 Å². The topological polar surface area (TPSA) is 68.0 Å². The first-order valence-corrected chi connectivity index (χ1v) is 9.57. The Morgan fingerprint density at radius 1 is 1.20 bits per heavy atom. The molecule has 8 heteroatoms. The Morgan fingerprint density at radius 3 is 2.96 bits per heavy atom. The van der Waals surface area contributed by atoms with E-state index < -0.39 is 0 Å². The summed E-state index contributed by atoms with van der Waals surface area (Å²) in [6.45, 7) is 4.21. The Hall–Kier alpha value is -2.45. The standard InChI is InChI=1S/C17H16N6S2/c1-11-4-5-13(8-12(11)2)20-16-21-22-17(25-16)24-10-14-9-23-7-3-6-18-15(23)19-14/h3-9H,10H2,1-2H3,(H,20,21). The van der Waals surface area contributed by atoms with Crippen LogP contribution >= 0.6 is 23.1 Å². The van der Waals surface area contributed by atoms with Gasteiger partial charge < -0.3 is 5.32 Å². The van der Waals surface area contributed by atoms with Gasteiger partial charge in [-0.15, -0.1) is 10.2 Å². The summed E-state index contributed by atoms with van der Waals surface area (Å²) in [6, 6.07) is 8.17. The van der Waals surface area contributed by atoms with E-state index in [9.17, 15) is 0 Å². The molecule has 0 aliphatic carbocycles. The van der Waals surface area contributed by atoms with Gasteiger partial charge in [0.25, 0.3) is 0 Å². The number of imidazole rings is 1. The first-order chi connectivity index (χ1) is 12.2. The molecule has 0 fully saturated rings. The molecule has 0 spiro atoms. The van der Waals surface area contributed by atoms with Crippen LogP contribution in [0.25, 0.3) is 5.78 Å². The number of hydrogen-bond donors (Lipinski definition) is 1. The number of rotatable bonds is 5. The lowest BCUT2D eigenvalue weighted by atomic mass is 10.1. The van der Waals surface area contributed by atoms with Gasteiger partial charge in [-0.25, -0.2) is 9.97 Å². The third kappa shape index (κ3) is 3.64. The van der Waals surface area contributed by atoms with Crippen LogP contribution in [0.5, 0.6) is 0 Å². The molecule has 0 aliphatic heterocycles. The zero-order valence-electron chi connectivity index (χ0n) is 13.8. The molecule has 25 heavy (non-hydrogen) atoms. The van der Waals surface area contributed by atoms with Crippen LogP contribution in [0.15, 0.2) is 47.2 Å². The van der Waals surface area contributed by atoms with Crippen LogP contribution in [0.4, 0.5) is 10.8 Å². The Kier molecular flexibility index (Phi) is 4.37. The number of thioether (sulfide) groups is 1. The van der Waals surface area contributed by atoms with Crippen molar-refractivity contribution in [3.8, 4) is 0 Å². The second-order valence-corrected chi connectivity index (χ2v) is 7.85. The van der Waals surface area contributed by atoms with Gasteiger partial charge in [0.1, 0.15) is 0 Å². The van der Waals surface area contributed by atoms with Crippen molar-refractivity contribution in [2.45, 2.75) is 23.9 Å². The lowest BCUT2D eigenvalue weighted by molar-refractivity contribution is 1.01. The van der Waals surface area contributed by atoms with Crippen LogP contribution in [0.1, 0.15) is 16.8 Å². The highest BCUT2D eigenvalue weighted by Gasteiger charge is 2.08. The van der Waals surface area contributed by atoms with E-state index in [0.29, 0.717) is 5.78 Å². The van der Waals surface area contributed by atoms with Crippen molar-refractivity contribution in [1.82, 2.24) is 24.6 Å². The second-order valence-electron chi connectivity index (χ2n) is 5.65. The molecule has 4 aromatic rings. The van der Waals surface area contributed by atoms with E-state index in [0.717, 1.165) is 26.6 Å². The predicted molar refractivity (Wildman–Crippen MR) is 102 cm³/mol. The number of benzene rings is 1. The van der Waals surface area contributed by atoms with Crippen LogP contribution in [0, 0.1) is 13.8 Å². The predicted octanol–water partition coefficient (Wildman–Crippen LogP) is 4.23. The number of aromatic nitrogens is 5. The molecule has 4 rings (SSSR count). The molecule has 1 N–H and O–H groups in total. The number of nitrogens with zero attached hydrogens (tertiary/aromatic N) is 5. The van der Waals surface area contributed by atoms with E-state index in [1.807, 2.05) is 22.9 Å². The van der Waals surface area contributed by atoms with Crippen molar-refractivity contribution in [1.29, 1.82) is 0 Å². The number of hydrogen-bond acceptors (Lipinski definition) is 7. The fourth-order valence-corrected chi connectivity index (χ4v) is 4.00. The van der Waals surface area contributed by atoms with Crippen LogP contribution in [-0.4, -0.2) is 24.6 Å². The lowest BCUT2D eigenvalue weighted by Gasteiger charge is -2.05. The lowest BCUT2D eigenvalue weighted by Crippen LogP contribution is -1.91. The maximum Gasteiger partial charge on any atom is 0.233 e. The fourth-order valence-electron chi connectivity index (χ4n) is 2.35. The molecule has 0 radical (unpaired) electrons. The molecular weight excluding hydrogens is 352 g/mol. The summed E-state index contributed by atoms with van der Waals surface area (Å²) in [5.74, 6) is 1.45. The monoisotopic (exact) mass is 368 g/mol. The van der Waals surface area contributed by atoms with Gasteiger partial charge in [0.15, 0.2) is 4.34 Å². The third-order valence-electron chi connectivity index (χ3n) is 3.79. The van der Waals surface area contributed by atoms with Crippen molar-refractivity contribution >= 4 is 39.7 Å². The highest BCUT2D eigenvalue weighted by molar-refractivity contribution is 8.00. The number of aryl methyl sites for hydroxylation is 2. The van der Waals surface area contributed by atoms with Crippen molar-refractivity contribution in [3.63, 3.8) is 0 Å². The largest absolute Gasteiger partial charge is 0.330 e. The summed E-state index contributed by atoms with van der Waals surface area (Å²) < 4.78 is 2.83. The van der Waals surface area contributed by atoms with Gasteiger partial charge >= 0.3 is 0 Å². The minimum absolute atomic E-state index is 0.715. The molecule has 3 heterocycles. The smallest absolute Gasteiger partial charge is 0.233 e. The fraction of sp³-hybridized carbons (Fsp3) is 0.176. The summed E-state index contributed by atoms with van der Waals surface area (Å²) in [4.78, 5) is 8.72. The van der Waals surface area contributed by atoms with E-state index >= 15 is 0 Å². The highest BCUT2D eigenvalue weighted by Crippen LogP contribution is 2.30. The normalized spacial score (nSPS) is 11.1. The molecule has 0 aliphatic rings. The first kappa shape index (κ1) is 16.0. The van der Waals surface area contributed by atoms with Crippen molar-refractivity contribution < 1.29 is 0 Å². The van der Waals surface area contributed by atoms with Crippen molar-refractivity contribution in [2.24, 2.45) is 0 Å². The minimum Gasteiger partial charge on any atom is -0.330 e.